The Labute approximate surface area is 125 Å². The van der Waals surface area contributed by atoms with Gasteiger partial charge in [0.05, 0.1) is 25.6 Å². The Hall–Kier alpha value is -2.48. The van der Waals surface area contributed by atoms with E-state index in [1.54, 1.807) is 0 Å². The van der Waals surface area contributed by atoms with E-state index < -0.39 is 6.04 Å². The minimum atomic E-state index is -0.456. The summed E-state index contributed by atoms with van der Waals surface area (Å²) in [5.74, 6) is 2.56. The second-order valence-corrected chi connectivity index (χ2v) is 4.41. The van der Waals surface area contributed by atoms with Crippen molar-refractivity contribution in [3.8, 4) is 18.1 Å². The van der Waals surface area contributed by atoms with Crippen LogP contribution in [-0.4, -0.2) is 25.0 Å². The predicted molar refractivity (Wildman–Crippen MR) is 80.6 cm³/mol. The monoisotopic (exact) mass is 288 g/mol. The molecule has 1 rings (SSSR count). The Kier molecular flexibility index (Phi) is 6.82. The third-order valence-corrected chi connectivity index (χ3v) is 2.75. The van der Waals surface area contributed by atoms with Gasteiger partial charge in [0, 0.05) is 12.5 Å². The molecule has 0 aromatic heterocycles. The first kappa shape index (κ1) is 16.6. The summed E-state index contributed by atoms with van der Waals surface area (Å²) < 4.78 is 5.55. The summed E-state index contributed by atoms with van der Waals surface area (Å²) in [5, 5.41) is 5.36. The lowest BCUT2D eigenvalue weighted by molar-refractivity contribution is -0.122. The number of rotatable bonds is 7. The topological polar surface area (TPSA) is 67.4 Å². The molecule has 1 aromatic carbocycles. The van der Waals surface area contributed by atoms with Crippen LogP contribution in [0.4, 0.5) is 0 Å². The molecule has 0 fully saturated rings. The van der Waals surface area contributed by atoms with Crippen molar-refractivity contribution >= 4 is 11.8 Å². The van der Waals surface area contributed by atoms with E-state index in [0.717, 1.165) is 5.56 Å². The fourth-order valence-electron chi connectivity index (χ4n) is 1.95. The largest absolute Gasteiger partial charge is 0.494 e. The van der Waals surface area contributed by atoms with Gasteiger partial charge in [-0.3, -0.25) is 9.59 Å². The molecule has 0 bridgehead atoms. The van der Waals surface area contributed by atoms with Crippen LogP contribution in [0.25, 0.3) is 0 Å². The second kappa shape index (κ2) is 8.64. The minimum Gasteiger partial charge on any atom is -0.494 e. The Morgan fingerprint density at radius 3 is 2.71 bits per heavy atom. The molecule has 0 aliphatic carbocycles. The summed E-state index contributed by atoms with van der Waals surface area (Å²) in [6.07, 6.45) is 5.21. The molecule has 0 aliphatic heterocycles. The van der Waals surface area contributed by atoms with Crippen LogP contribution >= 0.6 is 0 Å². The van der Waals surface area contributed by atoms with Crippen molar-refractivity contribution in [1.82, 2.24) is 10.6 Å². The molecule has 0 unspecified atom stereocenters. The van der Waals surface area contributed by atoms with Gasteiger partial charge in [-0.25, -0.2) is 0 Å². The van der Waals surface area contributed by atoms with Crippen LogP contribution in [0.15, 0.2) is 24.3 Å². The molecule has 2 N–H and O–H groups in total. The zero-order valence-electron chi connectivity index (χ0n) is 12.3. The minimum absolute atomic E-state index is 0.103. The van der Waals surface area contributed by atoms with E-state index in [9.17, 15) is 9.59 Å². The highest BCUT2D eigenvalue weighted by atomic mass is 16.5. The maximum atomic E-state index is 11.8. The number of hydrogen-bond acceptors (Lipinski definition) is 3. The molecule has 1 aromatic rings. The Bertz CT molecular complexity index is 535. The molecule has 0 heterocycles. The van der Waals surface area contributed by atoms with E-state index in [4.69, 9.17) is 11.2 Å². The normalized spacial score (nSPS) is 11.1. The number of amides is 2. The van der Waals surface area contributed by atoms with Crippen molar-refractivity contribution in [3.63, 3.8) is 0 Å². The van der Waals surface area contributed by atoms with Crippen LogP contribution in [0.1, 0.15) is 31.9 Å². The van der Waals surface area contributed by atoms with Crippen LogP contribution < -0.4 is 15.4 Å². The third-order valence-electron chi connectivity index (χ3n) is 2.75. The van der Waals surface area contributed by atoms with Crippen molar-refractivity contribution in [2.75, 3.05) is 13.2 Å². The first-order valence-electron chi connectivity index (χ1n) is 6.77. The molecule has 0 radical (unpaired) electrons. The highest BCUT2D eigenvalue weighted by molar-refractivity contribution is 5.79. The zero-order chi connectivity index (χ0) is 15.7. The first-order valence-corrected chi connectivity index (χ1v) is 6.77. The van der Waals surface area contributed by atoms with Crippen LogP contribution in [0.3, 0.4) is 0 Å². The summed E-state index contributed by atoms with van der Waals surface area (Å²) in [6.45, 7) is 3.96. The molecule has 21 heavy (non-hydrogen) atoms. The van der Waals surface area contributed by atoms with Gasteiger partial charge in [0.1, 0.15) is 5.75 Å². The molecule has 5 nitrogen and oxygen atoms in total. The van der Waals surface area contributed by atoms with Crippen molar-refractivity contribution in [1.29, 1.82) is 0 Å². The number of nitrogens with one attached hydrogen (secondary N) is 2. The van der Waals surface area contributed by atoms with Crippen molar-refractivity contribution in [2.45, 2.75) is 26.3 Å². The molecule has 0 aliphatic rings. The SMILES string of the molecule is C#CCNC(=O)C[C@H](NC(C)=O)c1ccccc1OCC. The molecule has 0 saturated heterocycles. The Balaban J connectivity index is 2.94. The summed E-state index contributed by atoms with van der Waals surface area (Å²) in [4.78, 5) is 23.2. The maximum Gasteiger partial charge on any atom is 0.223 e. The van der Waals surface area contributed by atoms with Gasteiger partial charge in [-0.2, -0.15) is 0 Å². The van der Waals surface area contributed by atoms with Gasteiger partial charge in [0.25, 0.3) is 0 Å². The number of benzene rings is 1. The molecule has 5 heteroatoms. The van der Waals surface area contributed by atoms with Gasteiger partial charge >= 0.3 is 0 Å². The zero-order valence-corrected chi connectivity index (χ0v) is 12.3. The van der Waals surface area contributed by atoms with Crippen molar-refractivity contribution in [3.05, 3.63) is 29.8 Å². The number of carbonyl (C=O) groups is 2. The molecule has 0 saturated carbocycles. The number of ether oxygens (including phenoxy) is 1. The van der Waals surface area contributed by atoms with E-state index in [2.05, 4.69) is 16.6 Å². The highest BCUT2D eigenvalue weighted by Crippen LogP contribution is 2.27. The molecule has 112 valence electrons. The molecule has 1 atom stereocenters. The summed E-state index contributed by atoms with van der Waals surface area (Å²) in [7, 11) is 0. The lowest BCUT2D eigenvalue weighted by Gasteiger charge is -2.20. The van der Waals surface area contributed by atoms with Gasteiger partial charge in [0.2, 0.25) is 11.8 Å². The average Bonchev–Trinajstić information content (AvgIpc) is 2.45. The number of para-hydroxylation sites is 1. The van der Waals surface area contributed by atoms with E-state index in [0.29, 0.717) is 12.4 Å². The number of hydrogen-bond donors (Lipinski definition) is 2. The average molecular weight is 288 g/mol. The Morgan fingerprint density at radius 2 is 2.10 bits per heavy atom. The van der Waals surface area contributed by atoms with E-state index >= 15 is 0 Å². The highest BCUT2D eigenvalue weighted by Gasteiger charge is 2.20. The molecular weight excluding hydrogens is 268 g/mol. The fourth-order valence-corrected chi connectivity index (χ4v) is 1.95. The van der Waals surface area contributed by atoms with Crippen molar-refractivity contribution < 1.29 is 14.3 Å². The van der Waals surface area contributed by atoms with Gasteiger partial charge < -0.3 is 15.4 Å². The maximum absolute atomic E-state index is 11.8. The van der Waals surface area contributed by atoms with Crippen LogP contribution in [0, 0.1) is 12.3 Å². The lowest BCUT2D eigenvalue weighted by Crippen LogP contribution is -2.33. The van der Waals surface area contributed by atoms with Gasteiger partial charge in [0.15, 0.2) is 0 Å². The van der Waals surface area contributed by atoms with Gasteiger partial charge in [-0.15, -0.1) is 6.42 Å². The summed E-state index contributed by atoms with van der Waals surface area (Å²) in [5.41, 5.74) is 0.769. The van der Waals surface area contributed by atoms with Crippen LogP contribution in [0.5, 0.6) is 5.75 Å². The third kappa shape index (κ3) is 5.57. The predicted octanol–water partition coefficient (Wildman–Crippen LogP) is 1.40. The summed E-state index contributed by atoms with van der Waals surface area (Å²) in [6, 6.07) is 6.87. The number of carbonyl (C=O) groups excluding carboxylic acids is 2. The molecule has 2 amide bonds. The van der Waals surface area contributed by atoms with E-state index in [1.807, 2.05) is 31.2 Å². The van der Waals surface area contributed by atoms with Crippen LogP contribution in [-0.2, 0) is 9.59 Å². The molecule has 0 spiro atoms. The Morgan fingerprint density at radius 1 is 1.38 bits per heavy atom. The van der Waals surface area contributed by atoms with Crippen molar-refractivity contribution in [2.24, 2.45) is 0 Å². The van der Waals surface area contributed by atoms with E-state index in [1.165, 1.54) is 6.92 Å². The quantitative estimate of drug-likeness (QED) is 0.745. The second-order valence-electron chi connectivity index (χ2n) is 4.41. The van der Waals surface area contributed by atoms with Gasteiger partial charge in [-0.1, -0.05) is 24.1 Å². The van der Waals surface area contributed by atoms with Gasteiger partial charge in [-0.05, 0) is 13.0 Å². The number of terminal acetylenes is 1. The standard InChI is InChI=1S/C16H20N2O3/c1-4-10-17-16(20)11-14(18-12(3)19)13-8-6-7-9-15(13)21-5-2/h1,6-9,14H,5,10-11H2,2-3H3,(H,17,20)(H,18,19)/t14-/m0/s1. The smallest absolute Gasteiger partial charge is 0.223 e. The molecular formula is C16H20N2O3. The lowest BCUT2D eigenvalue weighted by atomic mass is 10.0. The first-order chi connectivity index (χ1) is 10.1. The van der Waals surface area contributed by atoms with E-state index in [-0.39, 0.29) is 24.8 Å². The van der Waals surface area contributed by atoms with Crippen LogP contribution in [0.2, 0.25) is 0 Å². The fraction of sp³-hybridized carbons (Fsp3) is 0.375. The summed E-state index contributed by atoms with van der Waals surface area (Å²) >= 11 is 0.